The van der Waals surface area contributed by atoms with E-state index in [1.807, 2.05) is 0 Å². The molecule has 3 nitrogen and oxygen atoms in total. The first-order chi connectivity index (χ1) is 9.79. The van der Waals surface area contributed by atoms with Crippen LogP contribution in [0.2, 0.25) is 0 Å². The molecule has 0 bridgehead atoms. The standard InChI is InChI=1S/C16H19N3S/c1-3-14(13-7-5-4-6-8-13)17-11-15-12(2)18-16-19(15)9-10-20-16/h4-10,14,17H,3,11H2,1-2H3. The lowest BCUT2D eigenvalue weighted by Crippen LogP contribution is -2.21. The number of hydrogen-bond acceptors (Lipinski definition) is 3. The van der Waals surface area contributed by atoms with E-state index in [-0.39, 0.29) is 0 Å². The van der Waals surface area contributed by atoms with Gasteiger partial charge in [0.1, 0.15) is 0 Å². The highest BCUT2D eigenvalue weighted by Crippen LogP contribution is 2.20. The van der Waals surface area contributed by atoms with Crippen molar-refractivity contribution in [1.29, 1.82) is 0 Å². The molecule has 0 aliphatic heterocycles. The first kappa shape index (κ1) is 13.3. The molecule has 0 saturated carbocycles. The van der Waals surface area contributed by atoms with Gasteiger partial charge in [-0.2, -0.15) is 0 Å². The Balaban J connectivity index is 1.78. The van der Waals surface area contributed by atoms with E-state index in [0.717, 1.165) is 23.6 Å². The number of benzene rings is 1. The van der Waals surface area contributed by atoms with Crippen LogP contribution in [0.15, 0.2) is 41.9 Å². The monoisotopic (exact) mass is 285 g/mol. The predicted octanol–water partition coefficient (Wildman–Crippen LogP) is 3.95. The Bertz CT molecular complexity index is 684. The fraction of sp³-hybridized carbons (Fsp3) is 0.312. The van der Waals surface area contributed by atoms with Crippen molar-refractivity contribution in [2.75, 3.05) is 0 Å². The highest BCUT2D eigenvalue weighted by atomic mass is 32.1. The van der Waals surface area contributed by atoms with Crippen LogP contribution in [0.25, 0.3) is 4.96 Å². The number of aromatic nitrogens is 2. The van der Waals surface area contributed by atoms with Gasteiger partial charge < -0.3 is 5.32 Å². The molecule has 104 valence electrons. The Morgan fingerprint density at radius 1 is 1.30 bits per heavy atom. The largest absolute Gasteiger partial charge is 0.304 e. The molecular weight excluding hydrogens is 266 g/mol. The fourth-order valence-electron chi connectivity index (χ4n) is 2.56. The number of aryl methyl sites for hydroxylation is 1. The molecule has 1 atom stereocenters. The zero-order valence-electron chi connectivity index (χ0n) is 11.8. The molecule has 4 heteroatoms. The van der Waals surface area contributed by atoms with E-state index >= 15 is 0 Å². The van der Waals surface area contributed by atoms with E-state index in [9.17, 15) is 0 Å². The highest BCUT2D eigenvalue weighted by molar-refractivity contribution is 7.15. The van der Waals surface area contributed by atoms with E-state index in [2.05, 4.69) is 70.5 Å². The Labute approximate surface area is 123 Å². The van der Waals surface area contributed by atoms with Crippen molar-refractivity contribution < 1.29 is 0 Å². The molecule has 3 rings (SSSR count). The summed E-state index contributed by atoms with van der Waals surface area (Å²) < 4.78 is 2.19. The summed E-state index contributed by atoms with van der Waals surface area (Å²) in [7, 11) is 0. The van der Waals surface area contributed by atoms with Gasteiger partial charge in [-0.15, -0.1) is 11.3 Å². The van der Waals surface area contributed by atoms with Crippen molar-refractivity contribution >= 4 is 16.3 Å². The minimum Gasteiger partial charge on any atom is -0.304 e. The zero-order chi connectivity index (χ0) is 13.9. The van der Waals surface area contributed by atoms with E-state index in [1.54, 1.807) is 11.3 Å². The number of imidazole rings is 1. The summed E-state index contributed by atoms with van der Waals surface area (Å²) in [5, 5.41) is 5.74. The van der Waals surface area contributed by atoms with Crippen LogP contribution in [0.5, 0.6) is 0 Å². The summed E-state index contributed by atoms with van der Waals surface area (Å²) in [6.07, 6.45) is 3.18. The summed E-state index contributed by atoms with van der Waals surface area (Å²) in [6.45, 7) is 5.14. The Morgan fingerprint density at radius 2 is 2.10 bits per heavy atom. The molecule has 2 heterocycles. The minimum atomic E-state index is 0.389. The number of fused-ring (bicyclic) bond motifs is 1. The van der Waals surface area contributed by atoms with Gasteiger partial charge in [0.15, 0.2) is 4.96 Å². The summed E-state index contributed by atoms with van der Waals surface area (Å²) in [4.78, 5) is 5.67. The lowest BCUT2D eigenvalue weighted by molar-refractivity contribution is 0.512. The summed E-state index contributed by atoms with van der Waals surface area (Å²) in [6, 6.07) is 11.0. The average molecular weight is 285 g/mol. The first-order valence-electron chi connectivity index (χ1n) is 6.99. The number of rotatable bonds is 5. The maximum atomic E-state index is 4.59. The SMILES string of the molecule is CCC(NCc1c(C)nc2sccn12)c1ccccc1. The molecule has 0 fully saturated rings. The van der Waals surface area contributed by atoms with Crippen LogP contribution in [0.4, 0.5) is 0 Å². The second-order valence-corrected chi connectivity index (χ2v) is 5.82. The number of nitrogens with zero attached hydrogens (tertiary/aromatic N) is 2. The predicted molar refractivity (Wildman–Crippen MR) is 84.1 cm³/mol. The normalized spacial score (nSPS) is 12.9. The molecule has 0 amide bonds. The molecule has 20 heavy (non-hydrogen) atoms. The maximum Gasteiger partial charge on any atom is 0.194 e. The van der Waals surface area contributed by atoms with Gasteiger partial charge in [0.25, 0.3) is 0 Å². The van der Waals surface area contributed by atoms with Crippen LogP contribution < -0.4 is 5.32 Å². The molecular formula is C16H19N3S. The third-order valence-corrected chi connectivity index (χ3v) is 4.44. The van der Waals surface area contributed by atoms with Crippen molar-refractivity contribution in [3.63, 3.8) is 0 Å². The number of hydrogen-bond donors (Lipinski definition) is 1. The topological polar surface area (TPSA) is 29.3 Å². The fourth-order valence-corrected chi connectivity index (χ4v) is 3.34. The first-order valence-corrected chi connectivity index (χ1v) is 7.87. The van der Waals surface area contributed by atoms with Crippen molar-refractivity contribution in [2.24, 2.45) is 0 Å². The van der Waals surface area contributed by atoms with Crippen LogP contribution in [0.3, 0.4) is 0 Å². The van der Waals surface area contributed by atoms with Crippen LogP contribution in [-0.2, 0) is 6.54 Å². The molecule has 0 saturated heterocycles. The van der Waals surface area contributed by atoms with Crippen molar-refractivity contribution in [3.05, 3.63) is 58.9 Å². The third kappa shape index (κ3) is 2.49. The molecule has 0 radical (unpaired) electrons. The summed E-state index contributed by atoms with van der Waals surface area (Å²) in [5.74, 6) is 0. The Hall–Kier alpha value is -1.65. The van der Waals surface area contributed by atoms with Gasteiger partial charge in [0.05, 0.1) is 11.4 Å². The van der Waals surface area contributed by atoms with Gasteiger partial charge in [-0.05, 0) is 18.9 Å². The van der Waals surface area contributed by atoms with Gasteiger partial charge in [-0.25, -0.2) is 4.98 Å². The van der Waals surface area contributed by atoms with E-state index in [1.165, 1.54) is 11.3 Å². The molecule has 1 unspecified atom stereocenters. The van der Waals surface area contributed by atoms with Gasteiger partial charge in [-0.3, -0.25) is 4.40 Å². The highest BCUT2D eigenvalue weighted by Gasteiger charge is 2.12. The molecule has 0 aliphatic rings. The quantitative estimate of drug-likeness (QED) is 0.769. The average Bonchev–Trinajstić information content (AvgIpc) is 3.02. The molecule has 2 aromatic heterocycles. The summed E-state index contributed by atoms with van der Waals surface area (Å²) >= 11 is 1.68. The van der Waals surface area contributed by atoms with Gasteiger partial charge in [0, 0.05) is 24.2 Å². The zero-order valence-corrected chi connectivity index (χ0v) is 12.7. The second-order valence-electron chi connectivity index (χ2n) is 4.95. The third-order valence-electron chi connectivity index (χ3n) is 3.69. The van der Waals surface area contributed by atoms with E-state index in [4.69, 9.17) is 0 Å². The van der Waals surface area contributed by atoms with Gasteiger partial charge in [-0.1, -0.05) is 37.3 Å². The van der Waals surface area contributed by atoms with Crippen molar-refractivity contribution in [1.82, 2.24) is 14.7 Å². The lowest BCUT2D eigenvalue weighted by Gasteiger charge is -2.17. The maximum absolute atomic E-state index is 4.59. The van der Waals surface area contributed by atoms with E-state index < -0.39 is 0 Å². The minimum absolute atomic E-state index is 0.389. The lowest BCUT2D eigenvalue weighted by atomic mass is 10.0. The Kier molecular flexibility index (Phi) is 3.85. The smallest absolute Gasteiger partial charge is 0.194 e. The van der Waals surface area contributed by atoms with Crippen LogP contribution >= 0.6 is 11.3 Å². The van der Waals surface area contributed by atoms with Crippen molar-refractivity contribution in [3.8, 4) is 0 Å². The molecule has 1 N–H and O–H groups in total. The molecule has 3 aromatic rings. The van der Waals surface area contributed by atoms with Crippen LogP contribution in [0.1, 0.15) is 36.3 Å². The van der Waals surface area contributed by atoms with Crippen LogP contribution in [0, 0.1) is 6.92 Å². The molecule has 0 spiro atoms. The summed E-state index contributed by atoms with van der Waals surface area (Å²) in [5.41, 5.74) is 3.72. The Morgan fingerprint density at radius 3 is 2.85 bits per heavy atom. The molecule has 0 aliphatic carbocycles. The van der Waals surface area contributed by atoms with Crippen molar-refractivity contribution in [2.45, 2.75) is 32.9 Å². The number of thiazole rings is 1. The van der Waals surface area contributed by atoms with Crippen LogP contribution in [-0.4, -0.2) is 9.38 Å². The van der Waals surface area contributed by atoms with Gasteiger partial charge >= 0.3 is 0 Å². The molecule has 1 aromatic carbocycles. The van der Waals surface area contributed by atoms with E-state index in [0.29, 0.717) is 6.04 Å². The second kappa shape index (κ2) is 5.77. The van der Waals surface area contributed by atoms with Gasteiger partial charge in [0.2, 0.25) is 0 Å². The number of nitrogens with one attached hydrogen (secondary N) is 1.